The molecule has 2 aliphatic heterocycles. The van der Waals surface area contributed by atoms with E-state index in [1.54, 1.807) is 0 Å². The van der Waals surface area contributed by atoms with E-state index < -0.39 is 0 Å². The predicted octanol–water partition coefficient (Wildman–Crippen LogP) is 1.76. The van der Waals surface area contributed by atoms with Crippen molar-refractivity contribution in [2.24, 2.45) is 0 Å². The summed E-state index contributed by atoms with van der Waals surface area (Å²) >= 11 is 0. The van der Waals surface area contributed by atoms with E-state index in [1.165, 1.54) is 18.4 Å². The minimum atomic E-state index is 0.00672. The number of nitrogens with zero attached hydrogens (tertiary/aromatic N) is 1. The molecule has 0 aromatic rings. The van der Waals surface area contributed by atoms with E-state index >= 15 is 0 Å². The van der Waals surface area contributed by atoms with Crippen molar-refractivity contribution in [1.29, 1.82) is 0 Å². The maximum absolute atomic E-state index is 12.3. The molecule has 3 aliphatic rings. The largest absolute Gasteiger partial charge is 0.346 e. The summed E-state index contributed by atoms with van der Waals surface area (Å²) in [6.07, 6.45) is 8.12. The monoisotopic (exact) mass is 262 g/mol. The van der Waals surface area contributed by atoms with Crippen LogP contribution in [-0.2, 0) is 9.59 Å². The van der Waals surface area contributed by atoms with Crippen molar-refractivity contribution >= 4 is 11.8 Å². The van der Waals surface area contributed by atoms with E-state index in [0.717, 1.165) is 50.8 Å². The standard InChI is InChI=1S/C15H22N2O2/c18-14(17-8-4-1-5-9-17)10-12-11-6-2-3-7-13(11)16-15(12)19/h13H,1-10H2,(H,16,19). The van der Waals surface area contributed by atoms with Crippen LogP contribution in [0.3, 0.4) is 0 Å². The second-order valence-corrected chi connectivity index (χ2v) is 5.89. The quantitative estimate of drug-likeness (QED) is 0.824. The highest BCUT2D eigenvalue weighted by Crippen LogP contribution is 2.32. The number of carbonyl (C=O) groups excluding carboxylic acids is 2. The Kier molecular flexibility index (Phi) is 3.58. The average molecular weight is 262 g/mol. The molecule has 104 valence electrons. The smallest absolute Gasteiger partial charge is 0.248 e. The molecule has 4 nitrogen and oxygen atoms in total. The van der Waals surface area contributed by atoms with E-state index in [-0.39, 0.29) is 17.9 Å². The summed E-state index contributed by atoms with van der Waals surface area (Å²) in [7, 11) is 0. The molecule has 1 saturated carbocycles. The molecule has 2 fully saturated rings. The minimum absolute atomic E-state index is 0.00672. The van der Waals surface area contributed by atoms with Gasteiger partial charge in [0.1, 0.15) is 0 Å². The Bertz CT molecular complexity index is 422. The van der Waals surface area contributed by atoms with Gasteiger partial charge in [0, 0.05) is 18.7 Å². The molecule has 1 saturated heterocycles. The van der Waals surface area contributed by atoms with Crippen LogP contribution < -0.4 is 5.32 Å². The number of fused-ring (bicyclic) bond motifs is 1. The number of amides is 2. The predicted molar refractivity (Wildman–Crippen MR) is 72.5 cm³/mol. The third-order valence-corrected chi connectivity index (χ3v) is 4.61. The summed E-state index contributed by atoms with van der Waals surface area (Å²) < 4.78 is 0. The molecular weight excluding hydrogens is 240 g/mol. The molecule has 0 aromatic carbocycles. The van der Waals surface area contributed by atoms with Crippen LogP contribution in [-0.4, -0.2) is 35.8 Å². The topological polar surface area (TPSA) is 49.4 Å². The van der Waals surface area contributed by atoms with Gasteiger partial charge in [0.15, 0.2) is 0 Å². The fourth-order valence-electron chi connectivity index (χ4n) is 3.52. The molecule has 4 heteroatoms. The van der Waals surface area contributed by atoms with Gasteiger partial charge in [-0.2, -0.15) is 0 Å². The Morgan fingerprint density at radius 3 is 2.74 bits per heavy atom. The molecule has 1 unspecified atom stereocenters. The average Bonchev–Trinajstić information content (AvgIpc) is 2.76. The first kappa shape index (κ1) is 12.7. The number of likely N-dealkylation sites (tertiary alicyclic amines) is 1. The van der Waals surface area contributed by atoms with Gasteiger partial charge >= 0.3 is 0 Å². The van der Waals surface area contributed by atoms with Crippen LogP contribution in [0.5, 0.6) is 0 Å². The molecule has 2 amide bonds. The SMILES string of the molecule is O=C1NC2CCCCC2=C1CC(=O)N1CCCCC1. The van der Waals surface area contributed by atoms with Gasteiger partial charge in [0.25, 0.3) is 0 Å². The Morgan fingerprint density at radius 1 is 1.16 bits per heavy atom. The van der Waals surface area contributed by atoms with Crippen LogP contribution in [0.1, 0.15) is 51.4 Å². The van der Waals surface area contributed by atoms with Crippen LogP contribution >= 0.6 is 0 Å². The lowest BCUT2D eigenvalue weighted by Crippen LogP contribution is -2.36. The molecule has 1 N–H and O–H groups in total. The Balaban J connectivity index is 1.70. The number of hydrogen-bond donors (Lipinski definition) is 1. The maximum Gasteiger partial charge on any atom is 0.248 e. The van der Waals surface area contributed by atoms with Crippen molar-refractivity contribution in [3.63, 3.8) is 0 Å². The molecule has 1 aliphatic carbocycles. The van der Waals surface area contributed by atoms with E-state index in [2.05, 4.69) is 5.32 Å². The summed E-state index contributed by atoms with van der Waals surface area (Å²) in [6.45, 7) is 1.74. The second-order valence-electron chi connectivity index (χ2n) is 5.89. The van der Waals surface area contributed by atoms with Crippen molar-refractivity contribution in [2.45, 2.75) is 57.4 Å². The van der Waals surface area contributed by atoms with Gasteiger partial charge in [-0.3, -0.25) is 9.59 Å². The molecule has 0 radical (unpaired) electrons. The fraction of sp³-hybridized carbons (Fsp3) is 0.733. The van der Waals surface area contributed by atoms with E-state index in [9.17, 15) is 9.59 Å². The molecule has 0 aromatic heterocycles. The number of carbonyl (C=O) groups is 2. The first-order valence-corrected chi connectivity index (χ1v) is 7.56. The third kappa shape index (κ3) is 2.53. The number of rotatable bonds is 2. The van der Waals surface area contributed by atoms with Crippen molar-refractivity contribution in [3.05, 3.63) is 11.1 Å². The van der Waals surface area contributed by atoms with E-state index in [1.807, 2.05) is 4.90 Å². The van der Waals surface area contributed by atoms with Gasteiger partial charge in [-0.15, -0.1) is 0 Å². The van der Waals surface area contributed by atoms with Crippen molar-refractivity contribution < 1.29 is 9.59 Å². The Hall–Kier alpha value is -1.32. The van der Waals surface area contributed by atoms with Crippen molar-refractivity contribution in [1.82, 2.24) is 10.2 Å². The van der Waals surface area contributed by atoms with Gasteiger partial charge in [-0.05, 0) is 44.1 Å². The maximum atomic E-state index is 12.3. The zero-order chi connectivity index (χ0) is 13.2. The lowest BCUT2D eigenvalue weighted by atomic mass is 9.88. The molecule has 0 spiro atoms. The van der Waals surface area contributed by atoms with Crippen LogP contribution in [0.25, 0.3) is 0 Å². The summed E-state index contributed by atoms with van der Waals surface area (Å²) in [5.41, 5.74) is 2.00. The molecule has 3 rings (SSSR count). The zero-order valence-corrected chi connectivity index (χ0v) is 11.4. The number of nitrogens with one attached hydrogen (secondary N) is 1. The van der Waals surface area contributed by atoms with Gasteiger partial charge in [-0.25, -0.2) is 0 Å². The molecule has 1 atom stereocenters. The van der Waals surface area contributed by atoms with E-state index in [4.69, 9.17) is 0 Å². The van der Waals surface area contributed by atoms with E-state index in [0.29, 0.717) is 6.42 Å². The van der Waals surface area contributed by atoms with Crippen molar-refractivity contribution in [3.8, 4) is 0 Å². The second kappa shape index (κ2) is 5.35. The highest BCUT2D eigenvalue weighted by molar-refractivity contribution is 6.02. The van der Waals surface area contributed by atoms with Gasteiger partial charge < -0.3 is 10.2 Å². The van der Waals surface area contributed by atoms with Crippen LogP contribution in [0.2, 0.25) is 0 Å². The molecule has 2 heterocycles. The summed E-state index contributed by atoms with van der Waals surface area (Å²) in [5, 5.41) is 3.03. The Morgan fingerprint density at radius 2 is 1.95 bits per heavy atom. The lowest BCUT2D eigenvalue weighted by Gasteiger charge is -2.27. The van der Waals surface area contributed by atoms with Crippen LogP contribution in [0.15, 0.2) is 11.1 Å². The zero-order valence-electron chi connectivity index (χ0n) is 11.4. The van der Waals surface area contributed by atoms with Crippen LogP contribution in [0, 0.1) is 0 Å². The van der Waals surface area contributed by atoms with Gasteiger partial charge in [0.2, 0.25) is 11.8 Å². The summed E-state index contributed by atoms with van der Waals surface area (Å²) in [5.74, 6) is 0.149. The Labute approximate surface area is 114 Å². The normalized spacial score (nSPS) is 27.3. The first-order chi connectivity index (χ1) is 9.25. The fourth-order valence-corrected chi connectivity index (χ4v) is 3.52. The summed E-state index contributed by atoms with van der Waals surface area (Å²) in [6, 6.07) is 0.227. The first-order valence-electron chi connectivity index (χ1n) is 7.56. The highest BCUT2D eigenvalue weighted by Gasteiger charge is 2.34. The van der Waals surface area contributed by atoms with Gasteiger partial charge in [-0.1, -0.05) is 6.42 Å². The highest BCUT2D eigenvalue weighted by atomic mass is 16.2. The molecule has 19 heavy (non-hydrogen) atoms. The molecule has 0 bridgehead atoms. The molecular formula is C15H22N2O2. The van der Waals surface area contributed by atoms with Crippen molar-refractivity contribution in [2.75, 3.05) is 13.1 Å². The third-order valence-electron chi connectivity index (χ3n) is 4.61. The lowest BCUT2D eigenvalue weighted by molar-refractivity contribution is -0.132. The van der Waals surface area contributed by atoms with Crippen LogP contribution in [0.4, 0.5) is 0 Å². The minimum Gasteiger partial charge on any atom is -0.346 e. The van der Waals surface area contributed by atoms with Gasteiger partial charge in [0.05, 0.1) is 12.5 Å². The number of hydrogen-bond acceptors (Lipinski definition) is 2. The summed E-state index contributed by atoms with van der Waals surface area (Å²) in [4.78, 5) is 26.2. The number of piperidine rings is 1.